The van der Waals surface area contributed by atoms with Gasteiger partial charge in [-0.2, -0.15) is 0 Å². The Balaban J connectivity index is 1.94. The molecule has 0 aromatic carbocycles. The van der Waals surface area contributed by atoms with Gasteiger partial charge in [-0.3, -0.25) is 4.79 Å². The first-order valence-corrected chi connectivity index (χ1v) is 5.64. The van der Waals surface area contributed by atoms with Crippen molar-refractivity contribution >= 4 is 6.41 Å². The first-order valence-electron chi connectivity index (χ1n) is 5.64. The lowest BCUT2D eigenvalue weighted by Gasteiger charge is -2.30. The molecule has 0 aromatic rings. The third-order valence-corrected chi connectivity index (χ3v) is 3.61. The fourth-order valence-electron chi connectivity index (χ4n) is 2.88. The molecule has 0 radical (unpaired) electrons. The number of hydrogen-bond donors (Lipinski definition) is 0. The summed E-state index contributed by atoms with van der Waals surface area (Å²) in [6.45, 7) is 0. The topological polar surface area (TPSA) is 20.3 Å². The second-order valence-corrected chi connectivity index (χ2v) is 4.43. The minimum Gasteiger partial charge on any atom is -0.339 e. The Kier molecular flexibility index (Phi) is 2.87. The van der Waals surface area contributed by atoms with E-state index in [0.29, 0.717) is 12.1 Å². The molecule has 2 rings (SSSR count). The van der Waals surface area contributed by atoms with E-state index in [1.807, 2.05) is 0 Å². The van der Waals surface area contributed by atoms with Crippen LogP contribution in [0, 0.1) is 0 Å². The quantitative estimate of drug-likeness (QED) is 0.612. The molecule has 0 heterocycles. The predicted octanol–water partition coefficient (Wildman–Crippen LogP) is 2.33. The number of amides is 1. The normalized spacial score (nSPS) is 25.2. The minimum absolute atomic E-state index is 0.584. The van der Waals surface area contributed by atoms with Crippen molar-refractivity contribution in [2.75, 3.05) is 0 Å². The molecule has 0 aromatic heterocycles. The Bertz CT molecular complexity index is 153. The van der Waals surface area contributed by atoms with Crippen LogP contribution in [0.3, 0.4) is 0 Å². The maximum atomic E-state index is 11.0. The lowest BCUT2D eigenvalue weighted by molar-refractivity contribution is -0.122. The second kappa shape index (κ2) is 4.12. The fraction of sp³-hybridized carbons (Fsp3) is 0.909. The highest BCUT2D eigenvalue weighted by Crippen LogP contribution is 2.30. The summed E-state index contributed by atoms with van der Waals surface area (Å²) in [5, 5.41) is 0. The van der Waals surface area contributed by atoms with Gasteiger partial charge in [0.25, 0.3) is 0 Å². The number of hydrogen-bond acceptors (Lipinski definition) is 1. The van der Waals surface area contributed by atoms with Gasteiger partial charge < -0.3 is 4.90 Å². The van der Waals surface area contributed by atoms with Gasteiger partial charge in [0, 0.05) is 12.1 Å². The van der Waals surface area contributed by atoms with E-state index in [0.717, 1.165) is 6.41 Å². The summed E-state index contributed by atoms with van der Waals surface area (Å²) in [7, 11) is 0. The molecule has 0 N–H and O–H groups in total. The van der Waals surface area contributed by atoms with E-state index >= 15 is 0 Å². The highest BCUT2D eigenvalue weighted by atomic mass is 16.1. The van der Waals surface area contributed by atoms with Gasteiger partial charge in [0.2, 0.25) is 6.41 Å². The van der Waals surface area contributed by atoms with E-state index in [1.165, 1.54) is 51.4 Å². The Morgan fingerprint density at radius 1 is 0.846 bits per heavy atom. The van der Waals surface area contributed by atoms with Crippen molar-refractivity contribution < 1.29 is 4.79 Å². The zero-order valence-electron chi connectivity index (χ0n) is 8.24. The Morgan fingerprint density at radius 3 is 1.54 bits per heavy atom. The zero-order chi connectivity index (χ0) is 9.10. The van der Waals surface area contributed by atoms with Crippen molar-refractivity contribution in [2.24, 2.45) is 0 Å². The largest absolute Gasteiger partial charge is 0.339 e. The summed E-state index contributed by atoms with van der Waals surface area (Å²) in [5.41, 5.74) is 0. The average molecular weight is 181 g/mol. The van der Waals surface area contributed by atoms with Crippen LogP contribution in [0.15, 0.2) is 0 Å². The molecule has 13 heavy (non-hydrogen) atoms. The number of nitrogens with zero attached hydrogens (tertiary/aromatic N) is 1. The van der Waals surface area contributed by atoms with E-state index in [1.54, 1.807) is 0 Å². The summed E-state index contributed by atoms with van der Waals surface area (Å²) in [6.07, 6.45) is 11.4. The van der Waals surface area contributed by atoms with Gasteiger partial charge in [-0.25, -0.2) is 0 Å². The van der Waals surface area contributed by atoms with Crippen LogP contribution in [-0.2, 0) is 4.79 Å². The van der Waals surface area contributed by atoms with E-state index in [-0.39, 0.29) is 0 Å². The van der Waals surface area contributed by atoms with Gasteiger partial charge in [-0.05, 0) is 25.7 Å². The molecule has 0 atom stereocenters. The smallest absolute Gasteiger partial charge is 0.210 e. The summed E-state index contributed by atoms with van der Waals surface area (Å²) in [5.74, 6) is 0. The third kappa shape index (κ3) is 1.87. The maximum absolute atomic E-state index is 11.0. The zero-order valence-corrected chi connectivity index (χ0v) is 8.24. The standard InChI is InChI=1S/C11H19NO/c13-9-12(10-5-1-2-6-10)11-7-3-4-8-11/h9-11H,1-8H2. The SMILES string of the molecule is O=CN(C1CCCC1)C1CCCC1. The molecular weight excluding hydrogens is 162 g/mol. The van der Waals surface area contributed by atoms with Crippen molar-refractivity contribution in [3.05, 3.63) is 0 Å². The van der Waals surface area contributed by atoms with Crippen LogP contribution in [-0.4, -0.2) is 23.4 Å². The predicted molar refractivity (Wildman–Crippen MR) is 52.4 cm³/mol. The lowest BCUT2D eigenvalue weighted by atomic mass is 10.1. The first kappa shape index (κ1) is 9.04. The molecule has 2 fully saturated rings. The van der Waals surface area contributed by atoms with Gasteiger partial charge in [0.15, 0.2) is 0 Å². The molecule has 74 valence electrons. The van der Waals surface area contributed by atoms with Gasteiger partial charge in [0.1, 0.15) is 0 Å². The van der Waals surface area contributed by atoms with E-state index in [9.17, 15) is 4.79 Å². The lowest BCUT2D eigenvalue weighted by Crippen LogP contribution is -2.39. The van der Waals surface area contributed by atoms with Crippen molar-refractivity contribution in [2.45, 2.75) is 63.5 Å². The van der Waals surface area contributed by atoms with Crippen molar-refractivity contribution in [3.63, 3.8) is 0 Å². The minimum atomic E-state index is 0.584. The number of rotatable bonds is 3. The average Bonchev–Trinajstić information content (AvgIpc) is 2.76. The fourth-order valence-corrected chi connectivity index (χ4v) is 2.88. The molecule has 0 aliphatic heterocycles. The molecular formula is C11H19NO. The molecule has 2 aliphatic rings. The van der Waals surface area contributed by atoms with Crippen LogP contribution in [0.1, 0.15) is 51.4 Å². The molecule has 0 saturated heterocycles. The van der Waals surface area contributed by atoms with Crippen LogP contribution in [0.5, 0.6) is 0 Å². The highest BCUT2D eigenvalue weighted by Gasteiger charge is 2.29. The van der Waals surface area contributed by atoms with Crippen molar-refractivity contribution in [3.8, 4) is 0 Å². The van der Waals surface area contributed by atoms with Crippen LogP contribution >= 0.6 is 0 Å². The van der Waals surface area contributed by atoms with E-state index < -0.39 is 0 Å². The highest BCUT2D eigenvalue weighted by molar-refractivity contribution is 5.48. The van der Waals surface area contributed by atoms with Crippen LogP contribution in [0.4, 0.5) is 0 Å². The van der Waals surface area contributed by atoms with Crippen molar-refractivity contribution in [1.29, 1.82) is 0 Å². The second-order valence-electron chi connectivity index (χ2n) is 4.43. The molecule has 1 amide bonds. The third-order valence-electron chi connectivity index (χ3n) is 3.61. The monoisotopic (exact) mass is 181 g/mol. The van der Waals surface area contributed by atoms with E-state index in [2.05, 4.69) is 4.90 Å². The molecule has 2 saturated carbocycles. The van der Waals surface area contributed by atoms with Crippen LogP contribution < -0.4 is 0 Å². The molecule has 2 nitrogen and oxygen atoms in total. The number of carbonyl (C=O) groups is 1. The molecule has 0 spiro atoms. The molecule has 0 bridgehead atoms. The van der Waals surface area contributed by atoms with Crippen LogP contribution in [0.2, 0.25) is 0 Å². The Hall–Kier alpha value is -0.530. The molecule has 2 heteroatoms. The van der Waals surface area contributed by atoms with Gasteiger partial charge in [0.05, 0.1) is 0 Å². The van der Waals surface area contributed by atoms with Crippen molar-refractivity contribution in [1.82, 2.24) is 4.90 Å². The summed E-state index contributed by atoms with van der Waals surface area (Å²) in [4.78, 5) is 13.1. The van der Waals surface area contributed by atoms with Gasteiger partial charge >= 0.3 is 0 Å². The Labute approximate surface area is 80.3 Å². The summed E-state index contributed by atoms with van der Waals surface area (Å²) >= 11 is 0. The molecule has 2 aliphatic carbocycles. The summed E-state index contributed by atoms with van der Waals surface area (Å²) in [6, 6.07) is 1.17. The first-order chi connectivity index (χ1) is 6.42. The van der Waals surface area contributed by atoms with Gasteiger partial charge in [-0.15, -0.1) is 0 Å². The Morgan fingerprint density at radius 2 is 1.23 bits per heavy atom. The molecule has 0 unspecified atom stereocenters. The number of carbonyl (C=O) groups excluding carboxylic acids is 1. The van der Waals surface area contributed by atoms with E-state index in [4.69, 9.17) is 0 Å². The maximum Gasteiger partial charge on any atom is 0.210 e. The van der Waals surface area contributed by atoms with Crippen LogP contribution in [0.25, 0.3) is 0 Å². The van der Waals surface area contributed by atoms with Gasteiger partial charge in [-0.1, -0.05) is 25.7 Å². The summed E-state index contributed by atoms with van der Waals surface area (Å²) < 4.78 is 0.